The van der Waals surface area contributed by atoms with E-state index in [1.807, 2.05) is 30.9 Å². The molecule has 0 bridgehead atoms. The predicted molar refractivity (Wildman–Crippen MR) is 89.1 cm³/mol. The molecule has 0 radical (unpaired) electrons. The normalized spacial score (nSPS) is 15.7. The van der Waals surface area contributed by atoms with Gasteiger partial charge >= 0.3 is 0 Å². The number of rotatable bonds is 4. The highest BCUT2D eigenvalue weighted by Gasteiger charge is 2.28. The summed E-state index contributed by atoms with van der Waals surface area (Å²) in [5.74, 6) is 0.110. The van der Waals surface area contributed by atoms with Crippen LogP contribution in [0.25, 0.3) is 0 Å². The van der Waals surface area contributed by atoms with Crippen molar-refractivity contribution in [3.63, 3.8) is 0 Å². The van der Waals surface area contributed by atoms with Gasteiger partial charge in [-0.2, -0.15) is 0 Å². The molecule has 6 heteroatoms. The van der Waals surface area contributed by atoms with Crippen molar-refractivity contribution < 1.29 is 9.59 Å². The van der Waals surface area contributed by atoms with E-state index in [2.05, 4.69) is 22.5 Å². The molecule has 1 aliphatic rings. The van der Waals surface area contributed by atoms with Gasteiger partial charge in [0.15, 0.2) is 0 Å². The van der Waals surface area contributed by atoms with Crippen LogP contribution in [0.3, 0.4) is 0 Å². The second kappa shape index (κ2) is 7.13. The first kappa shape index (κ1) is 16.8. The standard InChI is InChI=1S/C16H22BrN3O2/c1-4-15(21)20-7-5-12(6-8-20)16(22)19(3)11-14-9-13(17)10-18(14)2/h4,9-10,12H,1,5-8,11H2,2-3H3. The molecule has 5 nitrogen and oxygen atoms in total. The van der Waals surface area contributed by atoms with Crippen molar-refractivity contribution in [2.75, 3.05) is 20.1 Å². The van der Waals surface area contributed by atoms with Crippen molar-refractivity contribution in [2.45, 2.75) is 19.4 Å². The number of nitrogens with zero attached hydrogens (tertiary/aromatic N) is 3. The zero-order valence-corrected chi connectivity index (χ0v) is 14.7. The number of hydrogen-bond donors (Lipinski definition) is 0. The van der Waals surface area contributed by atoms with Gasteiger partial charge in [-0.25, -0.2) is 0 Å². The van der Waals surface area contributed by atoms with Gasteiger partial charge in [-0.05, 0) is 40.9 Å². The Labute approximate surface area is 139 Å². The molecule has 0 saturated carbocycles. The monoisotopic (exact) mass is 367 g/mol. The summed E-state index contributed by atoms with van der Waals surface area (Å²) in [6, 6.07) is 2.02. The highest BCUT2D eigenvalue weighted by atomic mass is 79.9. The lowest BCUT2D eigenvalue weighted by atomic mass is 9.95. The summed E-state index contributed by atoms with van der Waals surface area (Å²) >= 11 is 3.44. The van der Waals surface area contributed by atoms with Gasteiger partial charge in [0.2, 0.25) is 11.8 Å². The van der Waals surface area contributed by atoms with Crippen LogP contribution in [0.2, 0.25) is 0 Å². The summed E-state index contributed by atoms with van der Waals surface area (Å²) in [4.78, 5) is 27.6. The molecule has 1 aromatic heterocycles. The minimum atomic E-state index is -0.0482. The van der Waals surface area contributed by atoms with Crippen LogP contribution in [0.4, 0.5) is 0 Å². The second-order valence-corrected chi connectivity index (χ2v) is 6.67. The van der Waals surface area contributed by atoms with E-state index >= 15 is 0 Å². The summed E-state index contributed by atoms with van der Waals surface area (Å²) in [5, 5.41) is 0. The molecular formula is C16H22BrN3O2. The Hall–Kier alpha value is -1.56. The average Bonchev–Trinajstić information content (AvgIpc) is 2.83. The molecule has 0 spiro atoms. The molecule has 0 atom stereocenters. The minimum Gasteiger partial charge on any atom is -0.352 e. The Morgan fingerprint density at radius 3 is 2.59 bits per heavy atom. The molecule has 1 aromatic rings. The van der Waals surface area contributed by atoms with Crippen molar-refractivity contribution in [1.29, 1.82) is 0 Å². The first-order valence-electron chi connectivity index (χ1n) is 7.39. The van der Waals surface area contributed by atoms with Crippen LogP contribution in [0.5, 0.6) is 0 Å². The lowest BCUT2D eigenvalue weighted by molar-refractivity contribution is -0.138. The Kier molecular flexibility index (Phi) is 5.45. The fourth-order valence-electron chi connectivity index (χ4n) is 2.83. The summed E-state index contributed by atoms with van der Waals surface area (Å²) in [5.41, 5.74) is 1.09. The molecule has 1 aliphatic heterocycles. The number of halogens is 1. The highest BCUT2D eigenvalue weighted by molar-refractivity contribution is 9.10. The predicted octanol–water partition coefficient (Wildman–Crippen LogP) is 2.17. The van der Waals surface area contributed by atoms with E-state index in [0.717, 1.165) is 23.0 Å². The van der Waals surface area contributed by atoms with E-state index < -0.39 is 0 Å². The second-order valence-electron chi connectivity index (χ2n) is 5.76. The summed E-state index contributed by atoms with van der Waals surface area (Å²) in [7, 11) is 3.81. The van der Waals surface area contributed by atoms with Gasteiger partial charge in [-0.1, -0.05) is 6.58 Å². The number of aryl methyl sites for hydroxylation is 1. The Morgan fingerprint density at radius 2 is 2.09 bits per heavy atom. The lowest BCUT2D eigenvalue weighted by Gasteiger charge is -2.32. The van der Waals surface area contributed by atoms with Gasteiger partial charge in [-0.3, -0.25) is 9.59 Å². The number of hydrogen-bond acceptors (Lipinski definition) is 2. The van der Waals surface area contributed by atoms with E-state index in [1.54, 1.807) is 9.80 Å². The van der Waals surface area contributed by atoms with Gasteiger partial charge in [-0.15, -0.1) is 0 Å². The van der Waals surface area contributed by atoms with Crippen LogP contribution in [0.1, 0.15) is 18.5 Å². The molecule has 2 heterocycles. The maximum atomic E-state index is 12.5. The summed E-state index contributed by atoms with van der Waals surface area (Å²) in [6.45, 7) is 5.35. The molecule has 1 fully saturated rings. The van der Waals surface area contributed by atoms with E-state index in [0.29, 0.717) is 19.6 Å². The van der Waals surface area contributed by atoms with E-state index in [9.17, 15) is 9.59 Å². The first-order valence-corrected chi connectivity index (χ1v) is 8.18. The number of aromatic nitrogens is 1. The Bertz CT molecular complexity index is 574. The van der Waals surface area contributed by atoms with Gasteiger partial charge in [0.1, 0.15) is 0 Å². The van der Waals surface area contributed by atoms with Crippen LogP contribution in [0.15, 0.2) is 29.4 Å². The van der Waals surface area contributed by atoms with Gasteiger partial charge in [0.05, 0.1) is 6.54 Å². The van der Waals surface area contributed by atoms with Crippen LogP contribution in [-0.4, -0.2) is 46.3 Å². The molecule has 0 unspecified atom stereocenters. The van der Waals surface area contributed by atoms with E-state index in [1.165, 1.54) is 6.08 Å². The van der Waals surface area contributed by atoms with Gasteiger partial charge in [0, 0.05) is 49.5 Å². The topological polar surface area (TPSA) is 45.6 Å². The van der Waals surface area contributed by atoms with Crippen LogP contribution < -0.4 is 0 Å². The number of carbonyl (C=O) groups excluding carboxylic acids is 2. The van der Waals surface area contributed by atoms with Crippen LogP contribution in [0, 0.1) is 5.92 Å². The molecule has 0 aromatic carbocycles. The Balaban J connectivity index is 1.90. The zero-order valence-electron chi connectivity index (χ0n) is 13.1. The number of carbonyl (C=O) groups is 2. The number of piperidine rings is 1. The minimum absolute atomic E-state index is 0.00238. The van der Waals surface area contributed by atoms with Gasteiger partial charge < -0.3 is 14.4 Å². The smallest absolute Gasteiger partial charge is 0.245 e. The third-order valence-corrected chi connectivity index (χ3v) is 4.61. The molecule has 0 N–H and O–H groups in total. The Morgan fingerprint density at radius 1 is 1.45 bits per heavy atom. The fraction of sp³-hybridized carbons (Fsp3) is 0.500. The van der Waals surface area contributed by atoms with Crippen molar-refractivity contribution >= 4 is 27.7 Å². The van der Waals surface area contributed by atoms with Crippen molar-refractivity contribution in [3.05, 3.63) is 35.1 Å². The largest absolute Gasteiger partial charge is 0.352 e. The third kappa shape index (κ3) is 3.80. The SMILES string of the molecule is C=CC(=O)N1CCC(C(=O)N(C)Cc2cc(Br)cn2C)CC1. The molecule has 0 aliphatic carbocycles. The number of amides is 2. The first-order chi connectivity index (χ1) is 10.4. The molecule has 22 heavy (non-hydrogen) atoms. The number of likely N-dealkylation sites (tertiary alicyclic amines) is 1. The molecular weight excluding hydrogens is 346 g/mol. The van der Waals surface area contributed by atoms with Crippen LogP contribution in [-0.2, 0) is 23.2 Å². The molecule has 1 saturated heterocycles. The average molecular weight is 368 g/mol. The quantitative estimate of drug-likeness (QED) is 0.765. The van der Waals surface area contributed by atoms with E-state index in [4.69, 9.17) is 0 Å². The van der Waals surface area contributed by atoms with E-state index in [-0.39, 0.29) is 17.7 Å². The fourth-order valence-corrected chi connectivity index (χ4v) is 3.40. The molecule has 120 valence electrons. The zero-order chi connectivity index (χ0) is 16.3. The van der Waals surface area contributed by atoms with Crippen molar-refractivity contribution in [2.24, 2.45) is 13.0 Å². The van der Waals surface area contributed by atoms with Crippen LogP contribution >= 0.6 is 15.9 Å². The molecule has 2 amide bonds. The molecule has 2 rings (SSSR count). The summed E-state index contributed by atoms with van der Waals surface area (Å²) < 4.78 is 3.03. The van der Waals surface area contributed by atoms with Gasteiger partial charge in [0.25, 0.3) is 0 Å². The summed E-state index contributed by atoms with van der Waals surface area (Å²) in [6.07, 6.45) is 4.76. The van der Waals surface area contributed by atoms with Crippen molar-refractivity contribution in [3.8, 4) is 0 Å². The highest BCUT2D eigenvalue weighted by Crippen LogP contribution is 2.21. The van der Waals surface area contributed by atoms with Crippen molar-refractivity contribution in [1.82, 2.24) is 14.4 Å². The maximum Gasteiger partial charge on any atom is 0.245 e. The lowest BCUT2D eigenvalue weighted by Crippen LogP contribution is -2.42. The maximum absolute atomic E-state index is 12.5. The third-order valence-electron chi connectivity index (χ3n) is 4.18.